The fourth-order valence-electron chi connectivity index (χ4n) is 1.67. The highest BCUT2D eigenvalue weighted by molar-refractivity contribution is 6.27. The van der Waals surface area contributed by atoms with Crippen LogP contribution in [0.2, 0.25) is 0 Å². The summed E-state index contributed by atoms with van der Waals surface area (Å²) in [5, 5.41) is -0.265. The molecule has 1 rings (SSSR count). The molecule has 2 nitrogen and oxygen atoms in total. The van der Waals surface area contributed by atoms with Crippen molar-refractivity contribution in [2.75, 3.05) is 20.1 Å². The van der Waals surface area contributed by atoms with E-state index in [4.69, 9.17) is 11.6 Å². The summed E-state index contributed by atoms with van der Waals surface area (Å²) < 4.78 is 0. The molecule has 0 radical (unpaired) electrons. The molecule has 3 heteroatoms. The van der Waals surface area contributed by atoms with Crippen LogP contribution in [0.4, 0.5) is 0 Å². The van der Waals surface area contributed by atoms with E-state index in [1.807, 2.05) is 0 Å². The van der Waals surface area contributed by atoms with Crippen LogP contribution in [0.15, 0.2) is 0 Å². The van der Waals surface area contributed by atoms with Crippen molar-refractivity contribution in [3.63, 3.8) is 0 Å². The summed E-state index contributed by atoms with van der Waals surface area (Å²) in [5.74, 6) is 0.661. The van der Waals surface area contributed by atoms with E-state index >= 15 is 0 Å². The Morgan fingerprint density at radius 1 is 1.58 bits per heavy atom. The average Bonchev–Trinajstić information content (AvgIpc) is 2.09. The average molecular weight is 190 g/mol. The van der Waals surface area contributed by atoms with Gasteiger partial charge in [-0.1, -0.05) is 0 Å². The zero-order valence-corrected chi connectivity index (χ0v) is 8.26. The molecular formula is C9H16ClNO. The van der Waals surface area contributed by atoms with Crippen LogP contribution in [0.25, 0.3) is 0 Å². The second-order valence-electron chi connectivity index (χ2n) is 3.63. The van der Waals surface area contributed by atoms with Crippen molar-refractivity contribution < 1.29 is 4.79 Å². The summed E-state index contributed by atoms with van der Waals surface area (Å²) in [6.45, 7) is 2.29. The summed E-state index contributed by atoms with van der Waals surface area (Å²) in [6, 6.07) is 0. The topological polar surface area (TPSA) is 20.3 Å². The predicted molar refractivity (Wildman–Crippen MR) is 50.5 cm³/mol. The smallest absolute Gasteiger partial charge is 0.137 e. The van der Waals surface area contributed by atoms with Crippen molar-refractivity contribution in [3.05, 3.63) is 0 Å². The molecule has 0 spiro atoms. The Morgan fingerprint density at radius 3 is 2.67 bits per heavy atom. The van der Waals surface area contributed by atoms with E-state index in [0.717, 1.165) is 25.8 Å². The van der Waals surface area contributed by atoms with Gasteiger partial charge in [-0.25, -0.2) is 0 Å². The van der Waals surface area contributed by atoms with E-state index in [1.165, 1.54) is 12.8 Å². The minimum Gasteiger partial charge on any atom is -0.306 e. The van der Waals surface area contributed by atoms with Gasteiger partial charge in [0, 0.05) is 0 Å². The van der Waals surface area contributed by atoms with Gasteiger partial charge in [0.2, 0.25) is 0 Å². The van der Waals surface area contributed by atoms with Gasteiger partial charge in [0.15, 0.2) is 0 Å². The van der Waals surface area contributed by atoms with Gasteiger partial charge in [-0.2, -0.15) is 0 Å². The Bertz CT molecular complexity index is 143. The van der Waals surface area contributed by atoms with Crippen LogP contribution >= 0.6 is 11.6 Å². The Morgan fingerprint density at radius 2 is 2.17 bits per heavy atom. The van der Waals surface area contributed by atoms with Gasteiger partial charge < -0.3 is 9.69 Å². The van der Waals surface area contributed by atoms with E-state index in [9.17, 15) is 4.79 Å². The molecule has 0 aromatic rings. The first-order valence-electron chi connectivity index (χ1n) is 4.50. The van der Waals surface area contributed by atoms with Gasteiger partial charge >= 0.3 is 0 Å². The van der Waals surface area contributed by atoms with Crippen molar-refractivity contribution in [2.45, 2.75) is 24.6 Å². The molecule has 0 N–H and O–H groups in total. The third-order valence-electron chi connectivity index (χ3n) is 2.54. The number of piperidine rings is 1. The van der Waals surface area contributed by atoms with E-state index in [1.54, 1.807) is 0 Å². The van der Waals surface area contributed by atoms with Crippen molar-refractivity contribution in [1.82, 2.24) is 4.90 Å². The number of alkyl halides is 1. The first-order chi connectivity index (χ1) is 5.72. The third-order valence-corrected chi connectivity index (χ3v) is 2.83. The molecule has 70 valence electrons. The number of hydrogen-bond donors (Lipinski definition) is 0. The molecule has 0 aromatic heterocycles. The highest BCUT2D eigenvalue weighted by atomic mass is 35.5. The summed E-state index contributed by atoms with van der Waals surface area (Å²) in [6.07, 6.45) is 4.08. The molecule has 1 unspecified atom stereocenters. The fraction of sp³-hybridized carbons (Fsp3) is 0.889. The Kier molecular flexibility index (Phi) is 4.02. The lowest BCUT2D eigenvalue weighted by molar-refractivity contribution is -0.107. The quantitative estimate of drug-likeness (QED) is 0.496. The van der Waals surface area contributed by atoms with Gasteiger partial charge in [-0.05, 0) is 45.3 Å². The maximum absolute atomic E-state index is 10.3. The van der Waals surface area contributed by atoms with Gasteiger partial charge in [-0.15, -0.1) is 11.6 Å². The van der Waals surface area contributed by atoms with Crippen LogP contribution in [-0.4, -0.2) is 36.7 Å². The lowest BCUT2D eigenvalue weighted by atomic mass is 9.92. The number of aldehydes is 1. The van der Waals surface area contributed by atoms with Crippen molar-refractivity contribution in [3.8, 4) is 0 Å². The zero-order chi connectivity index (χ0) is 8.97. The monoisotopic (exact) mass is 189 g/mol. The molecule has 0 amide bonds. The van der Waals surface area contributed by atoms with Crippen molar-refractivity contribution in [1.29, 1.82) is 0 Å². The van der Waals surface area contributed by atoms with Crippen molar-refractivity contribution >= 4 is 17.9 Å². The molecule has 1 fully saturated rings. The number of rotatable bonds is 3. The number of carbonyl (C=O) groups excluding carboxylic acids is 1. The highest BCUT2D eigenvalue weighted by Crippen LogP contribution is 2.22. The summed E-state index contributed by atoms with van der Waals surface area (Å²) in [7, 11) is 2.13. The highest BCUT2D eigenvalue weighted by Gasteiger charge is 2.19. The summed E-state index contributed by atoms with van der Waals surface area (Å²) in [4.78, 5) is 12.6. The number of carbonyl (C=O) groups is 1. The lowest BCUT2D eigenvalue weighted by Crippen LogP contribution is -2.31. The SMILES string of the molecule is CN1CCC(CC(Cl)C=O)CC1. The molecule has 0 saturated carbocycles. The molecule has 0 aliphatic carbocycles. The van der Waals surface area contributed by atoms with Crippen LogP contribution in [0, 0.1) is 5.92 Å². The standard InChI is InChI=1S/C9H16ClNO/c1-11-4-2-8(3-5-11)6-9(10)7-12/h7-9H,2-6H2,1H3. The second kappa shape index (κ2) is 4.83. The molecule has 12 heavy (non-hydrogen) atoms. The molecule has 1 aliphatic rings. The largest absolute Gasteiger partial charge is 0.306 e. The minimum absolute atomic E-state index is 0.265. The number of halogens is 1. The van der Waals surface area contributed by atoms with E-state index in [0.29, 0.717) is 5.92 Å². The number of hydrogen-bond acceptors (Lipinski definition) is 2. The maximum Gasteiger partial charge on any atom is 0.137 e. The van der Waals surface area contributed by atoms with Gasteiger partial charge in [0.25, 0.3) is 0 Å². The van der Waals surface area contributed by atoms with Crippen LogP contribution in [0.1, 0.15) is 19.3 Å². The lowest BCUT2D eigenvalue weighted by Gasteiger charge is -2.29. The van der Waals surface area contributed by atoms with Crippen molar-refractivity contribution in [2.24, 2.45) is 5.92 Å². The fourth-order valence-corrected chi connectivity index (χ4v) is 1.92. The third kappa shape index (κ3) is 3.11. The summed E-state index contributed by atoms with van der Waals surface area (Å²) >= 11 is 5.75. The van der Waals surface area contributed by atoms with Gasteiger partial charge in [-0.3, -0.25) is 0 Å². The molecule has 1 heterocycles. The van der Waals surface area contributed by atoms with Crippen LogP contribution in [-0.2, 0) is 4.79 Å². The summed E-state index contributed by atoms with van der Waals surface area (Å²) in [5.41, 5.74) is 0. The number of nitrogens with zero attached hydrogens (tertiary/aromatic N) is 1. The van der Waals surface area contributed by atoms with Gasteiger partial charge in [0.05, 0.1) is 5.38 Å². The Balaban J connectivity index is 2.21. The molecule has 1 saturated heterocycles. The van der Waals surface area contributed by atoms with E-state index in [-0.39, 0.29) is 5.38 Å². The molecule has 1 atom stereocenters. The predicted octanol–water partition coefficient (Wildman–Crippen LogP) is 1.52. The van der Waals surface area contributed by atoms with E-state index in [2.05, 4.69) is 11.9 Å². The number of likely N-dealkylation sites (tertiary alicyclic amines) is 1. The first-order valence-corrected chi connectivity index (χ1v) is 4.94. The van der Waals surface area contributed by atoms with Gasteiger partial charge in [0.1, 0.15) is 6.29 Å². The molecule has 1 aliphatic heterocycles. The zero-order valence-electron chi connectivity index (χ0n) is 7.50. The molecule has 0 bridgehead atoms. The molecular weight excluding hydrogens is 174 g/mol. The first kappa shape index (κ1) is 10.0. The van der Waals surface area contributed by atoms with Crippen LogP contribution < -0.4 is 0 Å². The Hall–Kier alpha value is -0.0800. The van der Waals surface area contributed by atoms with E-state index < -0.39 is 0 Å². The van der Waals surface area contributed by atoms with Crippen LogP contribution in [0.5, 0.6) is 0 Å². The maximum atomic E-state index is 10.3. The second-order valence-corrected chi connectivity index (χ2v) is 4.20. The normalized spacial score (nSPS) is 23.8. The van der Waals surface area contributed by atoms with Crippen LogP contribution in [0.3, 0.4) is 0 Å². The Labute approximate surface area is 78.9 Å². The minimum atomic E-state index is -0.265. The molecule has 0 aromatic carbocycles.